The highest BCUT2D eigenvalue weighted by atomic mass is 35.5. The molecule has 1 saturated heterocycles. The Morgan fingerprint density at radius 3 is 2.53 bits per heavy atom. The summed E-state index contributed by atoms with van der Waals surface area (Å²) in [5.41, 5.74) is 5.47. The van der Waals surface area contributed by atoms with Gasteiger partial charge >= 0.3 is 5.97 Å². The fraction of sp³-hybridized carbons (Fsp3) is 0.379. The number of hydrogen-bond acceptors (Lipinski definition) is 6. The maximum Gasteiger partial charge on any atom is 0.340 e. The van der Waals surface area contributed by atoms with Crippen molar-refractivity contribution in [3.63, 3.8) is 0 Å². The number of halogens is 2. The lowest BCUT2D eigenvalue weighted by atomic mass is 10.0. The molecule has 4 aromatic rings. The van der Waals surface area contributed by atoms with Crippen LogP contribution in [0.2, 0.25) is 10.0 Å². The van der Waals surface area contributed by atoms with Crippen LogP contribution in [0.1, 0.15) is 40.4 Å². The molecule has 0 bridgehead atoms. The summed E-state index contributed by atoms with van der Waals surface area (Å²) < 4.78 is 12.8. The third-order valence-corrected chi connectivity index (χ3v) is 8.39. The lowest BCUT2D eigenvalue weighted by Gasteiger charge is -2.36. The molecule has 2 fully saturated rings. The minimum atomic E-state index is -0.311. The maximum atomic E-state index is 12.1. The van der Waals surface area contributed by atoms with Crippen LogP contribution in [-0.4, -0.2) is 60.4 Å². The first-order valence-corrected chi connectivity index (χ1v) is 13.8. The van der Waals surface area contributed by atoms with Crippen LogP contribution in [0.4, 0.5) is 5.69 Å². The number of anilines is 1. The number of aromatic nitrogens is 2. The molecule has 1 saturated carbocycles. The third kappa shape index (κ3) is 4.68. The van der Waals surface area contributed by atoms with Gasteiger partial charge in [-0.3, -0.25) is 4.90 Å². The van der Waals surface area contributed by atoms with Crippen LogP contribution < -0.4 is 4.90 Å². The number of methoxy groups -OCH3 is 1. The summed E-state index contributed by atoms with van der Waals surface area (Å²) >= 11 is 13.1. The van der Waals surface area contributed by atoms with E-state index in [0.29, 0.717) is 21.5 Å². The molecule has 2 aliphatic rings. The van der Waals surface area contributed by atoms with Crippen molar-refractivity contribution in [2.45, 2.75) is 25.2 Å². The zero-order chi connectivity index (χ0) is 26.4. The van der Waals surface area contributed by atoms with Gasteiger partial charge in [0.25, 0.3) is 0 Å². The van der Waals surface area contributed by atoms with Crippen molar-refractivity contribution >= 4 is 45.8 Å². The van der Waals surface area contributed by atoms with Gasteiger partial charge < -0.3 is 18.7 Å². The normalized spacial score (nSPS) is 16.4. The van der Waals surface area contributed by atoms with Gasteiger partial charge in [0.05, 0.1) is 28.2 Å². The van der Waals surface area contributed by atoms with Gasteiger partial charge in [0.1, 0.15) is 11.5 Å². The predicted octanol–water partition coefficient (Wildman–Crippen LogP) is 6.17. The molecule has 2 aromatic heterocycles. The molecule has 198 valence electrons. The van der Waals surface area contributed by atoms with E-state index in [2.05, 4.69) is 27.1 Å². The summed E-state index contributed by atoms with van der Waals surface area (Å²) in [6.45, 7) is 4.71. The highest BCUT2D eigenvalue weighted by molar-refractivity contribution is 6.39. The molecule has 0 amide bonds. The molecule has 0 spiro atoms. The van der Waals surface area contributed by atoms with Gasteiger partial charge in [-0.25, -0.2) is 4.79 Å². The van der Waals surface area contributed by atoms with Crippen molar-refractivity contribution in [1.29, 1.82) is 0 Å². The quantitative estimate of drug-likeness (QED) is 0.255. The van der Waals surface area contributed by atoms with Crippen LogP contribution in [-0.2, 0) is 18.2 Å². The Hall–Kier alpha value is -3.00. The maximum absolute atomic E-state index is 12.1. The molecule has 7 nitrogen and oxygen atoms in total. The van der Waals surface area contributed by atoms with Crippen molar-refractivity contribution in [1.82, 2.24) is 14.6 Å². The van der Waals surface area contributed by atoms with Gasteiger partial charge in [0, 0.05) is 74.1 Å². The van der Waals surface area contributed by atoms with E-state index in [1.165, 1.54) is 12.8 Å². The molecule has 1 aliphatic heterocycles. The third-order valence-electron chi connectivity index (χ3n) is 7.76. The molecule has 1 aliphatic carbocycles. The molecule has 38 heavy (non-hydrogen) atoms. The molecule has 3 heterocycles. The van der Waals surface area contributed by atoms with Gasteiger partial charge in [-0.05, 0) is 49.6 Å². The number of carbonyl (C=O) groups is 1. The number of piperazine rings is 1. The van der Waals surface area contributed by atoms with Gasteiger partial charge in [-0.2, -0.15) is 0 Å². The number of fused-ring (bicyclic) bond motifs is 1. The zero-order valence-electron chi connectivity index (χ0n) is 21.5. The number of rotatable bonds is 7. The number of nitrogens with zero attached hydrogens (tertiary/aromatic N) is 4. The van der Waals surface area contributed by atoms with Crippen LogP contribution in [0.5, 0.6) is 0 Å². The number of hydrogen-bond donors (Lipinski definition) is 0. The van der Waals surface area contributed by atoms with Crippen molar-refractivity contribution < 1.29 is 14.1 Å². The van der Waals surface area contributed by atoms with E-state index in [4.69, 9.17) is 32.5 Å². The Morgan fingerprint density at radius 2 is 1.84 bits per heavy atom. The molecule has 2 aromatic carbocycles. The largest absolute Gasteiger partial charge is 0.465 e. The second-order valence-corrected chi connectivity index (χ2v) is 11.0. The first-order chi connectivity index (χ1) is 18.4. The van der Waals surface area contributed by atoms with Crippen molar-refractivity contribution in [3.8, 4) is 11.3 Å². The van der Waals surface area contributed by atoms with Crippen LogP contribution in [0.3, 0.4) is 0 Å². The van der Waals surface area contributed by atoms with Crippen LogP contribution >= 0.6 is 23.2 Å². The lowest BCUT2D eigenvalue weighted by molar-refractivity contribution is 0.0602. The first kappa shape index (κ1) is 25.3. The standard InChI is InChI=1S/C29H30Cl2N4O3/c1-33-17-22(29(36)37-2)20-9-8-19(16-25(20)33)35-14-12-34(13-15-35)11-10-21-27(32-38-28(21)18-6-7-18)26-23(30)4-3-5-24(26)31/h3-5,8-9,16-18H,6-7,10-15H2,1-2H3. The van der Waals surface area contributed by atoms with Crippen LogP contribution in [0.25, 0.3) is 22.2 Å². The molecular formula is C29H30Cl2N4O3. The Labute approximate surface area is 231 Å². The summed E-state index contributed by atoms with van der Waals surface area (Å²) in [6.07, 6.45) is 4.97. The summed E-state index contributed by atoms with van der Waals surface area (Å²) in [6, 6.07) is 11.8. The van der Waals surface area contributed by atoms with E-state index in [-0.39, 0.29) is 5.97 Å². The van der Waals surface area contributed by atoms with Crippen LogP contribution in [0.15, 0.2) is 47.1 Å². The Bertz CT molecular complexity index is 1480. The van der Waals surface area contributed by atoms with Gasteiger partial charge in [-0.1, -0.05) is 34.4 Å². The summed E-state index contributed by atoms with van der Waals surface area (Å²) in [4.78, 5) is 17.0. The van der Waals surface area contributed by atoms with Crippen molar-refractivity contribution in [3.05, 3.63) is 69.5 Å². The van der Waals surface area contributed by atoms with E-state index < -0.39 is 0 Å². The number of aryl methyl sites for hydroxylation is 1. The molecule has 9 heteroatoms. The minimum Gasteiger partial charge on any atom is -0.465 e. The van der Waals surface area contributed by atoms with E-state index in [1.54, 1.807) is 0 Å². The highest BCUT2D eigenvalue weighted by Crippen LogP contribution is 2.46. The smallest absolute Gasteiger partial charge is 0.340 e. The number of ether oxygens (including phenoxy) is 1. The SMILES string of the molecule is COC(=O)c1cn(C)c2cc(N3CCN(CCc4c(-c5c(Cl)cccc5Cl)noc4C4CC4)CC3)ccc12. The average molecular weight is 553 g/mol. The second kappa shape index (κ2) is 10.3. The van der Waals surface area contributed by atoms with Crippen molar-refractivity contribution in [2.24, 2.45) is 7.05 Å². The fourth-order valence-corrected chi connectivity index (χ4v) is 6.07. The van der Waals surface area contributed by atoms with E-state index in [9.17, 15) is 4.79 Å². The predicted molar refractivity (Wildman–Crippen MR) is 151 cm³/mol. The fourth-order valence-electron chi connectivity index (χ4n) is 5.49. The number of carbonyl (C=O) groups excluding carboxylic acids is 1. The second-order valence-electron chi connectivity index (χ2n) is 10.2. The molecule has 0 unspecified atom stereocenters. The van der Waals surface area contributed by atoms with Gasteiger partial charge in [0.2, 0.25) is 0 Å². The van der Waals surface area contributed by atoms with Crippen LogP contribution in [0, 0.1) is 0 Å². The van der Waals surface area contributed by atoms with Gasteiger partial charge in [0.15, 0.2) is 0 Å². The minimum absolute atomic E-state index is 0.311. The molecule has 0 N–H and O–H groups in total. The monoisotopic (exact) mass is 552 g/mol. The van der Waals surface area contributed by atoms with E-state index in [1.807, 2.05) is 42.1 Å². The van der Waals surface area contributed by atoms with Crippen molar-refractivity contribution in [2.75, 3.05) is 44.7 Å². The molecule has 0 atom stereocenters. The first-order valence-electron chi connectivity index (χ1n) is 13.0. The average Bonchev–Trinajstić information content (AvgIpc) is 3.61. The molecule has 0 radical (unpaired) electrons. The Kier molecular flexibility index (Phi) is 6.84. The Morgan fingerprint density at radius 1 is 1.11 bits per heavy atom. The number of esters is 1. The lowest BCUT2D eigenvalue weighted by Crippen LogP contribution is -2.47. The summed E-state index contributed by atoms with van der Waals surface area (Å²) in [5.74, 6) is 1.14. The summed E-state index contributed by atoms with van der Waals surface area (Å²) in [5, 5.41) is 6.54. The Balaban J connectivity index is 1.15. The summed E-state index contributed by atoms with van der Waals surface area (Å²) in [7, 11) is 3.37. The molecular weight excluding hydrogens is 523 g/mol. The molecule has 6 rings (SSSR count). The van der Waals surface area contributed by atoms with E-state index in [0.717, 1.165) is 85.5 Å². The zero-order valence-corrected chi connectivity index (χ0v) is 23.1. The van der Waals surface area contributed by atoms with Gasteiger partial charge in [-0.15, -0.1) is 0 Å². The number of benzene rings is 2. The van der Waals surface area contributed by atoms with E-state index >= 15 is 0 Å². The highest BCUT2D eigenvalue weighted by Gasteiger charge is 2.33. The topological polar surface area (TPSA) is 63.7 Å².